The van der Waals surface area contributed by atoms with Crippen molar-refractivity contribution in [1.29, 1.82) is 0 Å². The molecule has 0 radical (unpaired) electrons. The first-order chi connectivity index (χ1) is 10.7. The van der Waals surface area contributed by atoms with Crippen molar-refractivity contribution in [2.75, 3.05) is 0 Å². The lowest BCUT2D eigenvalue weighted by Gasteiger charge is -2.25. The Balaban J connectivity index is 2.30. The van der Waals surface area contributed by atoms with E-state index < -0.39 is 31.3 Å². The summed E-state index contributed by atoms with van der Waals surface area (Å²) in [5.74, 6) is -2.01. The van der Waals surface area contributed by atoms with Crippen LogP contribution in [0, 0.1) is 5.92 Å². The minimum absolute atomic E-state index is 0.0393. The Labute approximate surface area is 131 Å². The van der Waals surface area contributed by atoms with Crippen LogP contribution in [0.15, 0.2) is 52.7 Å². The molecule has 0 aromatic heterocycles. The number of phenolic OH excluding ortho intramolecular Hbond substituents is 1. The van der Waals surface area contributed by atoms with E-state index in [1.54, 1.807) is 12.1 Å². The van der Waals surface area contributed by atoms with Crippen LogP contribution < -0.4 is 0 Å². The zero-order valence-electron chi connectivity index (χ0n) is 11.8. The molecule has 1 aliphatic carbocycles. The fourth-order valence-electron chi connectivity index (χ4n) is 2.30. The molecule has 2 unspecified atom stereocenters. The Morgan fingerprint density at radius 3 is 2.26 bits per heavy atom. The second kappa shape index (κ2) is 6.55. The maximum Gasteiger partial charge on any atom is 0.448 e. The van der Waals surface area contributed by atoms with E-state index in [1.165, 1.54) is 12.1 Å². The molecule has 0 fully saturated rings. The van der Waals surface area contributed by atoms with Crippen LogP contribution in [0.25, 0.3) is 0 Å². The molecule has 0 aliphatic heterocycles. The van der Waals surface area contributed by atoms with Crippen molar-refractivity contribution in [1.82, 2.24) is 0 Å². The van der Waals surface area contributed by atoms with Crippen molar-refractivity contribution >= 4 is 13.5 Å². The molecule has 1 aromatic carbocycles. The summed E-state index contributed by atoms with van der Waals surface area (Å²) >= 11 is 0. The van der Waals surface area contributed by atoms with Crippen molar-refractivity contribution in [2.45, 2.75) is 12.5 Å². The highest BCUT2D eigenvalue weighted by atomic mass is 31.2. The van der Waals surface area contributed by atoms with Crippen LogP contribution in [0.2, 0.25) is 0 Å². The van der Waals surface area contributed by atoms with E-state index in [0.29, 0.717) is 5.56 Å². The van der Waals surface area contributed by atoms with E-state index in [0.717, 1.165) is 12.2 Å². The summed E-state index contributed by atoms with van der Waals surface area (Å²) in [6.45, 7) is 0. The van der Waals surface area contributed by atoms with Gasteiger partial charge in [-0.1, -0.05) is 12.1 Å². The number of hydrogen-bond acceptors (Lipinski definition) is 5. The maximum absolute atomic E-state index is 11.1. The number of benzene rings is 1. The van der Waals surface area contributed by atoms with E-state index >= 15 is 0 Å². The molecular weight excluding hydrogens is 325 g/mol. The van der Waals surface area contributed by atoms with Gasteiger partial charge in [0.15, 0.2) is 0 Å². The summed E-state index contributed by atoms with van der Waals surface area (Å²) in [5, 5.41) is 38.9. The van der Waals surface area contributed by atoms with Crippen LogP contribution in [-0.4, -0.2) is 42.0 Å². The molecule has 0 bridgehead atoms. The molecule has 8 nitrogen and oxygen atoms in total. The second-order valence-electron chi connectivity index (χ2n) is 5.09. The molecule has 124 valence electrons. The molecule has 23 heavy (non-hydrogen) atoms. The Kier molecular flexibility index (Phi) is 4.91. The van der Waals surface area contributed by atoms with Crippen molar-refractivity contribution < 1.29 is 34.8 Å². The van der Waals surface area contributed by atoms with Gasteiger partial charge in [0.1, 0.15) is 17.3 Å². The van der Waals surface area contributed by atoms with Crippen LogP contribution in [0.3, 0.4) is 0 Å². The van der Waals surface area contributed by atoms with Crippen molar-refractivity contribution in [2.24, 2.45) is 10.7 Å². The third kappa shape index (κ3) is 4.67. The summed E-state index contributed by atoms with van der Waals surface area (Å²) in [6, 6.07) is 5.98. The van der Waals surface area contributed by atoms with Gasteiger partial charge in [-0.25, -0.2) is 4.57 Å². The number of aromatic hydroxyl groups is 1. The number of aliphatic hydroxyl groups is 3. The van der Waals surface area contributed by atoms with E-state index in [4.69, 9.17) is 9.79 Å². The smallest absolute Gasteiger partial charge is 0.448 e. The molecular formula is C14H16NO7P. The van der Waals surface area contributed by atoms with Crippen molar-refractivity contribution in [3.63, 3.8) is 0 Å². The lowest BCUT2D eigenvalue weighted by atomic mass is 9.87. The van der Waals surface area contributed by atoms with Gasteiger partial charge in [-0.15, -0.1) is 0 Å². The van der Waals surface area contributed by atoms with E-state index in [1.807, 2.05) is 0 Å². The lowest BCUT2D eigenvalue weighted by molar-refractivity contribution is 0.130. The van der Waals surface area contributed by atoms with Gasteiger partial charge in [-0.2, -0.15) is 4.76 Å². The Morgan fingerprint density at radius 2 is 1.70 bits per heavy atom. The van der Waals surface area contributed by atoms with Crippen LogP contribution in [-0.2, 0) is 11.0 Å². The van der Waals surface area contributed by atoms with Gasteiger partial charge in [0.2, 0.25) is 0 Å². The summed E-state index contributed by atoms with van der Waals surface area (Å²) in [5.41, 5.74) is 0.319. The molecule has 0 amide bonds. The average molecular weight is 341 g/mol. The first kappa shape index (κ1) is 17.2. The Hall–Kier alpha value is -2.12. The highest BCUT2D eigenvalue weighted by molar-refractivity contribution is 7.50. The highest BCUT2D eigenvalue weighted by Gasteiger charge is 2.32. The fraction of sp³-hybridized carbons (Fsp3) is 0.214. The summed E-state index contributed by atoms with van der Waals surface area (Å²) in [6.07, 6.45) is 0.746. The molecule has 9 heteroatoms. The van der Waals surface area contributed by atoms with Gasteiger partial charge >= 0.3 is 7.75 Å². The monoisotopic (exact) mass is 341 g/mol. The lowest BCUT2D eigenvalue weighted by Crippen LogP contribution is -2.33. The summed E-state index contributed by atoms with van der Waals surface area (Å²) in [4.78, 5) is 17.9. The summed E-state index contributed by atoms with van der Waals surface area (Å²) < 4.78 is 14.2. The number of nitrogens with zero attached hydrogens (tertiary/aromatic N) is 1. The minimum atomic E-state index is -4.80. The Morgan fingerprint density at radius 1 is 1.09 bits per heavy atom. The zero-order chi connectivity index (χ0) is 17.2. The minimum Gasteiger partial charge on any atom is -0.511 e. The zero-order valence-corrected chi connectivity index (χ0v) is 12.7. The predicted octanol–water partition coefficient (Wildman–Crippen LogP) is 1.34. The largest absolute Gasteiger partial charge is 0.511 e. The average Bonchev–Trinajstić information content (AvgIpc) is 2.38. The van der Waals surface area contributed by atoms with Crippen LogP contribution in [0.5, 0.6) is 5.75 Å². The van der Waals surface area contributed by atoms with Gasteiger partial charge < -0.3 is 30.2 Å². The normalized spacial score (nSPS) is 21.7. The Bertz CT molecular complexity index is 717. The van der Waals surface area contributed by atoms with Gasteiger partial charge in [0.25, 0.3) is 0 Å². The number of hydrogen-bond donors (Lipinski definition) is 6. The molecule has 1 aliphatic rings. The molecule has 6 N–H and O–H groups in total. The highest BCUT2D eigenvalue weighted by Crippen LogP contribution is 2.39. The SMILES string of the molecule is O=P(O)(O)N=C1C=C(O)C=C(O)C1C(O)Cc1ccc(O)cc1. The van der Waals surface area contributed by atoms with Crippen LogP contribution in [0.1, 0.15) is 5.56 Å². The van der Waals surface area contributed by atoms with Crippen molar-refractivity contribution in [3.05, 3.63) is 53.5 Å². The molecule has 0 saturated carbocycles. The van der Waals surface area contributed by atoms with Crippen molar-refractivity contribution in [3.8, 4) is 5.75 Å². The van der Waals surface area contributed by atoms with Gasteiger partial charge in [-0.05, 0) is 24.1 Å². The maximum atomic E-state index is 11.1. The van der Waals surface area contributed by atoms with E-state index in [2.05, 4.69) is 4.76 Å². The van der Waals surface area contributed by atoms with Crippen LogP contribution >= 0.6 is 7.75 Å². The fourth-order valence-corrected chi connectivity index (χ4v) is 2.79. The quantitative estimate of drug-likeness (QED) is 0.452. The first-order valence-corrected chi connectivity index (χ1v) is 8.15. The summed E-state index contributed by atoms with van der Waals surface area (Å²) in [7, 11) is -4.80. The topological polar surface area (TPSA) is 151 Å². The standard InChI is InChI=1S/C14H16NO7P/c16-9-3-1-8(2-4-9)5-12(18)14-11(15-23(20,21)22)6-10(17)7-13(14)19/h1-4,6-7,12,14,16-19H,5H2,(H2,20,21,22). The molecule has 0 heterocycles. The third-order valence-corrected chi connectivity index (χ3v) is 3.73. The van der Waals surface area contributed by atoms with Crippen LogP contribution in [0.4, 0.5) is 0 Å². The molecule has 0 spiro atoms. The van der Waals surface area contributed by atoms with Gasteiger partial charge in [0, 0.05) is 12.2 Å². The molecule has 1 aromatic rings. The molecule has 2 rings (SSSR count). The van der Waals surface area contributed by atoms with E-state index in [9.17, 15) is 25.0 Å². The number of allylic oxidation sites excluding steroid dienone is 2. The third-order valence-electron chi connectivity index (χ3n) is 3.24. The predicted molar refractivity (Wildman–Crippen MR) is 82.2 cm³/mol. The van der Waals surface area contributed by atoms with Gasteiger partial charge in [0.05, 0.1) is 17.7 Å². The van der Waals surface area contributed by atoms with E-state index in [-0.39, 0.29) is 17.9 Å². The molecule has 2 atom stereocenters. The first-order valence-electron chi connectivity index (χ1n) is 6.58. The second-order valence-corrected chi connectivity index (χ2v) is 6.32. The number of aliphatic hydroxyl groups excluding tert-OH is 3. The number of rotatable bonds is 4. The van der Waals surface area contributed by atoms with Gasteiger partial charge in [-0.3, -0.25) is 0 Å². The number of phenols is 1. The molecule has 0 saturated heterocycles.